The second kappa shape index (κ2) is 6.46. The number of nitrogens with zero attached hydrogens (tertiary/aromatic N) is 1. The third-order valence-electron chi connectivity index (χ3n) is 4.25. The van der Waals surface area contributed by atoms with E-state index in [1.165, 1.54) is 0 Å². The van der Waals surface area contributed by atoms with E-state index < -0.39 is 6.04 Å². The largest absolute Gasteiger partial charge is 0.381 e. The molecule has 1 amide bonds. The highest BCUT2D eigenvalue weighted by molar-refractivity contribution is 5.82. The minimum absolute atomic E-state index is 0.125. The summed E-state index contributed by atoms with van der Waals surface area (Å²) in [5, 5.41) is 2.96. The maximum absolute atomic E-state index is 12.3. The number of fused-ring (bicyclic) bond motifs is 1. The molecule has 1 aliphatic heterocycles. The molecule has 2 atom stereocenters. The Labute approximate surface area is 129 Å². The minimum Gasteiger partial charge on any atom is -0.381 e. The number of nitrogens with two attached hydrogens (primary N) is 1. The van der Waals surface area contributed by atoms with Crippen LogP contribution >= 0.6 is 0 Å². The van der Waals surface area contributed by atoms with E-state index in [1.807, 2.05) is 31.2 Å². The number of aromatic nitrogens is 2. The maximum Gasteiger partial charge on any atom is 0.237 e. The molecule has 6 heteroatoms. The van der Waals surface area contributed by atoms with E-state index in [4.69, 9.17) is 10.5 Å². The van der Waals surface area contributed by atoms with E-state index in [2.05, 4.69) is 15.3 Å². The molecule has 22 heavy (non-hydrogen) atoms. The van der Waals surface area contributed by atoms with E-state index in [1.54, 1.807) is 0 Å². The van der Waals surface area contributed by atoms with Crippen LogP contribution in [0.2, 0.25) is 0 Å². The Hall–Kier alpha value is -1.92. The number of para-hydroxylation sites is 2. The van der Waals surface area contributed by atoms with Gasteiger partial charge in [-0.1, -0.05) is 12.1 Å². The quantitative estimate of drug-likeness (QED) is 0.798. The summed E-state index contributed by atoms with van der Waals surface area (Å²) >= 11 is 0. The van der Waals surface area contributed by atoms with E-state index in [9.17, 15) is 4.79 Å². The van der Waals surface area contributed by atoms with E-state index in [-0.39, 0.29) is 17.9 Å². The van der Waals surface area contributed by atoms with Crippen LogP contribution in [0.25, 0.3) is 11.0 Å². The van der Waals surface area contributed by atoms with Crippen LogP contribution < -0.4 is 11.1 Å². The SMILES string of the molecule is CC(NC(=O)C(N)C1CCOCC1)c1nc2ccccc2[nH]1. The molecule has 2 unspecified atom stereocenters. The van der Waals surface area contributed by atoms with E-state index in [0.29, 0.717) is 13.2 Å². The van der Waals surface area contributed by atoms with Crippen molar-refractivity contribution in [2.45, 2.75) is 31.8 Å². The van der Waals surface area contributed by atoms with Crippen molar-refractivity contribution >= 4 is 16.9 Å². The number of imidazole rings is 1. The molecule has 1 fully saturated rings. The van der Waals surface area contributed by atoms with Gasteiger partial charge >= 0.3 is 0 Å². The van der Waals surface area contributed by atoms with Crippen molar-refractivity contribution in [2.75, 3.05) is 13.2 Å². The number of hydrogen-bond donors (Lipinski definition) is 3. The molecule has 1 aromatic heterocycles. The van der Waals surface area contributed by atoms with Crippen molar-refractivity contribution in [3.63, 3.8) is 0 Å². The lowest BCUT2D eigenvalue weighted by Gasteiger charge is -2.27. The molecule has 1 aliphatic rings. The number of benzene rings is 1. The van der Waals surface area contributed by atoms with Crippen LogP contribution in [0.1, 0.15) is 31.6 Å². The number of H-pyrrole nitrogens is 1. The Morgan fingerprint density at radius 2 is 2.14 bits per heavy atom. The zero-order chi connectivity index (χ0) is 15.5. The van der Waals surface area contributed by atoms with Crippen LogP contribution in [0.15, 0.2) is 24.3 Å². The Morgan fingerprint density at radius 1 is 1.41 bits per heavy atom. The van der Waals surface area contributed by atoms with Gasteiger partial charge in [0.1, 0.15) is 5.82 Å². The van der Waals surface area contributed by atoms with Gasteiger partial charge in [-0.3, -0.25) is 4.79 Å². The fourth-order valence-electron chi connectivity index (χ4n) is 2.84. The molecule has 0 aliphatic carbocycles. The van der Waals surface area contributed by atoms with Crippen LogP contribution in [-0.4, -0.2) is 35.1 Å². The second-order valence-electron chi connectivity index (χ2n) is 5.85. The van der Waals surface area contributed by atoms with Crippen LogP contribution in [0.3, 0.4) is 0 Å². The van der Waals surface area contributed by atoms with Crippen LogP contribution in [0, 0.1) is 5.92 Å². The highest BCUT2D eigenvalue weighted by Crippen LogP contribution is 2.19. The number of nitrogens with one attached hydrogen (secondary N) is 2. The molecule has 2 aromatic rings. The normalized spacial score (nSPS) is 19.0. The second-order valence-corrected chi connectivity index (χ2v) is 5.85. The Balaban J connectivity index is 1.64. The van der Waals surface area contributed by atoms with Crippen molar-refractivity contribution in [3.05, 3.63) is 30.1 Å². The fraction of sp³-hybridized carbons (Fsp3) is 0.500. The van der Waals surface area contributed by atoms with E-state index in [0.717, 1.165) is 29.7 Å². The summed E-state index contributed by atoms with van der Waals surface area (Å²) in [6.45, 7) is 3.28. The van der Waals surface area contributed by atoms with Crippen LogP contribution in [-0.2, 0) is 9.53 Å². The van der Waals surface area contributed by atoms with Gasteiger partial charge in [-0.05, 0) is 37.8 Å². The van der Waals surface area contributed by atoms with Gasteiger partial charge in [0.2, 0.25) is 5.91 Å². The molecule has 6 nitrogen and oxygen atoms in total. The summed E-state index contributed by atoms with van der Waals surface area (Å²) in [4.78, 5) is 20.1. The molecule has 0 spiro atoms. The number of aromatic amines is 1. The van der Waals surface area contributed by atoms with Crippen LogP contribution in [0.5, 0.6) is 0 Å². The van der Waals surface area contributed by atoms with Crippen molar-refractivity contribution in [2.24, 2.45) is 11.7 Å². The zero-order valence-electron chi connectivity index (χ0n) is 12.7. The summed E-state index contributed by atoms with van der Waals surface area (Å²) < 4.78 is 5.31. The number of amides is 1. The third kappa shape index (κ3) is 3.13. The molecule has 0 radical (unpaired) electrons. The zero-order valence-corrected chi connectivity index (χ0v) is 12.7. The van der Waals surface area contributed by atoms with Gasteiger partial charge in [0.25, 0.3) is 0 Å². The Morgan fingerprint density at radius 3 is 2.86 bits per heavy atom. The van der Waals surface area contributed by atoms with Crippen molar-refractivity contribution in [1.82, 2.24) is 15.3 Å². The third-order valence-corrected chi connectivity index (χ3v) is 4.25. The predicted octanol–water partition coefficient (Wildman–Crippen LogP) is 1.49. The van der Waals surface area contributed by atoms with Gasteiger partial charge in [-0.25, -0.2) is 4.98 Å². The number of rotatable bonds is 4. The summed E-state index contributed by atoms with van der Waals surface area (Å²) in [6.07, 6.45) is 1.68. The molecule has 1 saturated heterocycles. The molecule has 1 aromatic carbocycles. The minimum atomic E-state index is -0.490. The highest BCUT2D eigenvalue weighted by atomic mass is 16.5. The van der Waals surface area contributed by atoms with Crippen LogP contribution in [0.4, 0.5) is 0 Å². The number of hydrogen-bond acceptors (Lipinski definition) is 4. The fourth-order valence-corrected chi connectivity index (χ4v) is 2.84. The lowest BCUT2D eigenvalue weighted by molar-refractivity contribution is -0.125. The smallest absolute Gasteiger partial charge is 0.237 e. The monoisotopic (exact) mass is 302 g/mol. The Bertz CT molecular complexity index is 615. The first kappa shape index (κ1) is 15.0. The standard InChI is InChI=1S/C16H22N4O2/c1-10(15-19-12-4-2-3-5-13(12)20-15)18-16(21)14(17)11-6-8-22-9-7-11/h2-5,10-11,14H,6-9,17H2,1H3,(H,18,21)(H,19,20). The van der Waals surface area contributed by atoms with Crippen molar-refractivity contribution in [3.8, 4) is 0 Å². The van der Waals surface area contributed by atoms with Gasteiger partial charge in [0.05, 0.1) is 23.1 Å². The molecule has 0 saturated carbocycles. The first-order chi connectivity index (χ1) is 10.6. The summed E-state index contributed by atoms with van der Waals surface area (Å²) in [6, 6.07) is 7.11. The lowest BCUT2D eigenvalue weighted by atomic mass is 9.91. The molecular formula is C16H22N4O2. The molecule has 3 rings (SSSR count). The summed E-state index contributed by atoms with van der Waals surface area (Å²) in [5.41, 5.74) is 7.96. The topological polar surface area (TPSA) is 93.0 Å². The van der Waals surface area contributed by atoms with E-state index >= 15 is 0 Å². The lowest BCUT2D eigenvalue weighted by Crippen LogP contribution is -2.47. The maximum atomic E-state index is 12.3. The number of carbonyl (C=O) groups excluding carboxylic acids is 1. The molecule has 0 bridgehead atoms. The van der Waals surface area contributed by atoms with Gasteiger partial charge in [-0.2, -0.15) is 0 Å². The van der Waals surface area contributed by atoms with Gasteiger partial charge < -0.3 is 20.8 Å². The number of ether oxygens (including phenoxy) is 1. The summed E-state index contributed by atoms with van der Waals surface area (Å²) in [5.74, 6) is 0.810. The average molecular weight is 302 g/mol. The van der Waals surface area contributed by atoms with Crippen molar-refractivity contribution < 1.29 is 9.53 Å². The molecule has 118 valence electrons. The van der Waals surface area contributed by atoms with Crippen molar-refractivity contribution in [1.29, 1.82) is 0 Å². The predicted molar refractivity (Wildman–Crippen MR) is 84.2 cm³/mol. The first-order valence-electron chi connectivity index (χ1n) is 7.73. The first-order valence-corrected chi connectivity index (χ1v) is 7.73. The number of carbonyl (C=O) groups is 1. The molecule has 4 N–H and O–H groups in total. The average Bonchev–Trinajstić information content (AvgIpc) is 2.99. The molecular weight excluding hydrogens is 280 g/mol. The van der Waals surface area contributed by atoms with Gasteiger partial charge in [0.15, 0.2) is 0 Å². The van der Waals surface area contributed by atoms with Gasteiger partial charge in [-0.15, -0.1) is 0 Å². The highest BCUT2D eigenvalue weighted by Gasteiger charge is 2.27. The van der Waals surface area contributed by atoms with Gasteiger partial charge in [0, 0.05) is 13.2 Å². The summed E-state index contributed by atoms with van der Waals surface area (Å²) in [7, 11) is 0. The Kier molecular flexibility index (Phi) is 4.40. The molecule has 2 heterocycles.